The Morgan fingerprint density at radius 1 is 1.20 bits per heavy atom. The molecule has 1 aliphatic rings. The van der Waals surface area contributed by atoms with Crippen LogP contribution in [0.15, 0.2) is 23.1 Å². The van der Waals surface area contributed by atoms with Crippen LogP contribution in [0.4, 0.5) is 0 Å². The molecule has 0 aromatic heterocycles. The van der Waals surface area contributed by atoms with E-state index in [-0.39, 0.29) is 4.91 Å². The quantitative estimate of drug-likeness (QED) is 0.729. The van der Waals surface area contributed by atoms with E-state index in [1.807, 2.05) is 6.07 Å². The first kappa shape index (κ1) is 11.0. The molecule has 0 bridgehead atoms. The molecule has 0 heterocycles. The molecule has 0 spiro atoms. The molecule has 0 amide bonds. The highest BCUT2D eigenvalue weighted by molar-refractivity contribution is 8.16. The average Bonchev–Trinajstić information content (AvgIpc) is 2.15. The van der Waals surface area contributed by atoms with E-state index < -0.39 is 9.05 Å². The van der Waals surface area contributed by atoms with Crippen molar-refractivity contribution in [3.63, 3.8) is 0 Å². The first-order valence-corrected chi connectivity index (χ1v) is 7.09. The fourth-order valence-electron chi connectivity index (χ4n) is 1.63. The van der Waals surface area contributed by atoms with Crippen LogP contribution >= 0.6 is 22.3 Å². The van der Waals surface area contributed by atoms with Gasteiger partial charge in [0.1, 0.15) is 0 Å². The second kappa shape index (κ2) is 3.81. The summed E-state index contributed by atoms with van der Waals surface area (Å²) in [6, 6.07) is 5.39. The maximum Gasteiger partial charge on any atom is 0.257 e. The van der Waals surface area contributed by atoms with Crippen LogP contribution in [0.1, 0.15) is 17.5 Å². The molecule has 2 rings (SSSR count). The molecular weight excluding hydrogens is 255 g/mol. The fourth-order valence-corrected chi connectivity index (χ4v) is 2.80. The molecule has 0 saturated carbocycles. The van der Waals surface area contributed by atoms with Gasteiger partial charge in [0.05, 0.1) is 4.91 Å². The Balaban J connectivity index is 2.51. The predicted molar refractivity (Wildman–Crippen MR) is 62.5 cm³/mol. The van der Waals surface area contributed by atoms with Gasteiger partial charge in [-0.2, -0.15) is 0 Å². The van der Waals surface area contributed by atoms with E-state index in [0.717, 1.165) is 11.1 Å². The number of allylic oxidation sites excluding steroid dienone is 1. The van der Waals surface area contributed by atoms with Crippen LogP contribution in [-0.4, -0.2) is 8.42 Å². The van der Waals surface area contributed by atoms with Gasteiger partial charge in [-0.25, -0.2) is 8.42 Å². The summed E-state index contributed by atoms with van der Waals surface area (Å²) in [4.78, 5) is 0.277. The van der Waals surface area contributed by atoms with Crippen molar-refractivity contribution in [1.29, 1.82) is 0 Å². The predicted octanol–water partition coefficient (Wildman–Crippen LogP) is 3.20. The molecule has 1 aromatic carbocycles. The molecule has 1 aromatic rings. The average molecular weight is 263 g/mol. The minimum atomic E-state index is -3.58. The van der Waals surface area contributed by atoms with Crippen LogP contribution in [-0.2, 0) is 15.5 Å². The lowest BCUT2D eigenvalue weighted by molar-refractivity contribution is 0.613. The standard InChI is InChI=1S/C10H8Cl2O2S/c11-9-3-1-8-6-10(15(12,13)14)4-2-7(8)5-9/h1,3,5-6H,2,4H2. The Morgan fingerprint density at radius 2 is 1.93 bits per heavy atom. The highest BCUT2D eigenvalue weighted by Gasteiger charge is 2.19. The van der Waals surface area contributed by atoms with Crippen LogP contribution < -0.4 is 0 Å². The summed E-state index contributed by atoms with van der Waals surface area (Å²) in [6.45, 7) is 0. The molecule has 0 fully saturated rings. The van der Waals surface area contributed by atoms with Gasteiger partial charge < -0.3 is 0 Å². The summed E-state index contributed by atoms with van der Waals surface area (Å²) in [6.07, 6.45) is 2.71. The monoisotopic (exact) mass is 262 g/mol. The molecule has 0 saturated heterocycles. The van der Waals surface area contributed by atoms with Gasteiger partial charge in [-0.3, -0.25) is 0 Å². The molecule has 1 aliphatic carbocycles. The summed E-state index contributed by atoms with van der Waals surface area (Å²) in [5.41, 5.74) is 1.94. The molecule has 0 atom stereocenters. The van der Waals surface area contributed by atoms with Crippen molar-refractivity contribution in [2.45, 2.75) is 12.8 Å². The Kier molecular flexibility index (Phi) is 2.79. The van der Waals surface area contributed by atoms with Crippen molar-refractivity contribution in [2.75, 3.05) is 0 Å². The van der Waals surface area contributed by atoms with Gasteiger partial charge in [-0.05, 0) is 42.2 Å². The number of benzene rings is 1. The Hall–Kier alpha value is -0.510. The van der Waals surface area contributed by atoms with E-state index in [1.54, 1.807) is 18.2 Å². The number of fused-ring (bicyclic) bond motifs is 1. The second-order valence-corrected chi connectivity index (χ2v) is 6.45. The molecule has 0 N–H and O–H groups in total. The third kappa shape index (κ3) is 2.36. The number of aryl methyl sites for hydroxylation is 1. The van der Waals surface area contributed by atoms with Gasteiger partial charge in [-0.15, -0.1) is 0 Å². The van der Waals surface area contributed by atoms with E-state index in [1.165, 1.54) is 0 Å². The molecule has 15 heavy (non-hydrogen) atoms. The smallest absolute Gasteiger partial charge is 0.207 e. The molecule has 0 radical (unpaired) electrons. The summed E-state index contributed by atoms with van der Waals surface area (Å²) in [5.74, 6) is 0. The van der Waals surface area contributed by atoms with Crippen molar-refractivity contribution in [3.8, 4) is 0 Å². The zero-order chi connectivity index (χ0) is 11.1. The lowest BCUT2D eigenvalue weighted by Gasteiger charge is -2.14. The molecule has 0 aliphatic heterocycles. The fraction of sp³-hybridized carbons (Fsp3) is 0.200. The summed E-state index contributed by atoms with van der Waals surface area (Å²) in [7, 11) is 1.71. The highest BCUT2D eigenvalue weighted by atomic mass is 35.7. The normalized spacial score (nSPS) is 15.7. The highest BCUT2D eigenvalue weighted by Crippen LogP contribution is 2.30. The first-order valence-electron chi connectivity index (χ1n) is 4.40. The van der Waals surface area contributed by atoms with Gasteiger partial charge in [-0.1, -0.05) is 17.7 Å². The molecule has 5 heteroatoms. The van der Waals surface area contributed by atoms with Gasteiger partial charge in [0, 0.05) is 15.7 Å². The van der Waals surface area contributed by atoms with E-state index in [4.69, 9.17) is 22.3 Å². The van der Waals surface area contributed by atoms with Crippen LogP contribution in [0.5, 0.6) is 0 Å². The third-order valence-corrected chi connectivity index (χ3v) is 4.15. The lowest BCUT2D eigenvalue weighted by atomic mass is 9.97. The van der Waals surface area contributed by atoms with Crippen LogP contribution in [0.3, 0.4) is 0 Å². The summed E-state index contributed by atoms with van der Waals surface area (Å²) in [5, 5.41) is 0.666. The van der Waals surface area contributed by atoms with Gasteiger partial charge in [0.25, 0.3) is 9.05 Å². The zero-order valence-corrected chi connectivity index (χ0v) is 10.0. The number of hydrogen-bond donors (Lipinski definition) is 0. The Labute approximate surface area is 97.9 Å². The van der Waals surface area contributed by atoms with Gasteiger partial charge >= 0.3 is 0 Å². The maximum absolute atomic E-state index is 11.1. The first-order chi connectivity index (χ1) is 6.97. The van der Waals surface area contributed by atoms with Crippen molar-refractivity contribution in [1.82, 2.24) is 0 Å². The Bertz CT molecular complexity index is 532. The van der Waals surface area contributed by atoms with E-state index >= 15 is 0 Å². The molecule has 2 nitrogen and oxygen atoms in total. The van der Waals surface area contributed by atoms with E-state index in [2.05, 4.69) is 0 Å². The van der Waals surface area contributed by atoms with Crippen LogP contribution in [0.2, 0.25) is 5.02 Å². The second-order valence-electron chi connectivity index (χ2n) is 3.39. The van der Waals surface area contributed by atoms with E-state index in [0.29, 0.717) is 17.9 Å². The summed E-state index contributed by atoms with van der Waals surface area (Å²) < 4.78 is 22.3. The SMILES string of the molecule is O=S(=O)(Cl)C1=Cc2ccc(Cl)cc2CC1. The largest absolute Gasteiger partial charge is 0.257 e. The topological polar surface area (TPSA) is 34.1 Å². The van der Waals surface area contributed by atoms with Crippen LogP contribution in [0.25, 0.3) is 6.08 Å². The third-order valence-electron chi connectivity index (χ3n) is 2.38. The minimum absolute atomic E-state index is 0.277. The molecular formula is C10H8Cl2O2S. The Morgan fingerprint density at radius 3 is 2.60 bits per heavy atom. The maximum atomic E-state index is 11.1. The van der Waals surface area contributed by atoms with Gasteiger partial charge in [0.2, 0.25) is 0 Å². The van der Waals surface area contributed by atoms with Crippen molar-refractivity contribution >= 4 is 37.4 Å². The zero-order valence-electron chi connectivity index (χ0n) is 7.70. The van der Waals surface area contributed by atoms with E-state index in [9.17, 15) is 8.42 Å². The van der Waals surface area contributed by atoms with Gasteiger partial charge in [0.15, 0.2) is 0 Å². The van der Waals surface area contributed by atoms with Crippen LogP contribution in [0, 0.1) is 0 Å². The molecule has 0 unspecified atom stereocenters. The lowest BCUT2D eigenvalue weighted by Crippen LogP contribution is -2.04. The summed E-state index contributed by atoms with van der Waals surface area (Å²) >= 11 is 5.84. The van der Waals surface area contributed by atoms with Crippen molar-refractivity contribution in [3.05, 3.63) is 39.3 Å². The minimum Gasteiger partial charge on any atom is -0.207 e. The van der Waals surface area contributed by atoms with Crippen molar-refractivity contribution < 1.29 is 8.42 Å². The van der Waals surface area contributed by atoms with Crippen molar-refractivity contribution in [2.24, 2.45) is 0 Å². The number of hydrogen-bond acceptors (Lipinski definition) is 2. The molecule has 80 valence electrons. The number of rotatable bonds is 1. The number of halogens is 2.